The molecule has 0 radical (unpaired) electrons. The van der Waals surface area contributed by atoms with Crippen LogP contribution in [0.2, 0.25) is 0 Å². The van der Waals surface area contributed by atoms with Gasteiger partial charge in [0.2, 0.25) is 0 Å². The van der Waals surface area contributed by atoms with Gasteiger partial charge in [0.1, 0.15) is 0 Å². The molecule has 0 fully saturated rings. The van der Waals surface area contributed by atoms with Crippen LogP contribution in [0.5, 0.6) is 11.5 Å². The summed E-state index contributed by atoms with van der Waals surface area (Å²) in [4.78, 5) is 0. The Morgan fingerprint density at radius 3 is 2.40 bits per heavy atom. The van der Waals surface area contributed by atoms with Gasteiger partial charge in [-0.15, -0.1) is 8.42 Å². The van der Waals surface area contributed by atoms with E-state index in [2.05, 4.69) is 0 Å². The Hall–Kier alpha value is -2.83. The van der Waals surface area contributed by atoms with E-state index in [-0.39, 0.29) is 18.1 Å². The Morgan fingerprint density at radius 1 is 0.840 bits per heavy atom. The van der Waals surface area contributed by atoms with Gasteiger partial charge in [-0.2, -0.15) is 0 Å². The molecule has 0 amide bonds. The Labute approximate surface area is 143 Å². The van der Waals surface area contributed by atoms with Crippen LogP contribution in [0.15, 0.2) is 54.6 Å². The van der Waals surface area contributed by atoms with E-state index in [4.69, 9.17) is 8.37 Å². The lowest BCUT2D eigenvalue weighted by Gasteiger charge is -2.12. The number of aliphatic hydroxyl groups is 1. The van der Waals surface area contributed by atoms with Crippen LogP contribution < -0.4 is 8.37 Å². The van der Waals surface area contributed by atoms with Gasteiger partial charge in [0.25, 0.3) is 0 Å². The summed E-state index contributed by atoms with van der Waals surface area (Å²) in [5.74, 6) is 0.370. The van der Waals surface area contributed by atoms with Crippen LogP contribution in [-0.4, -0.2) is 13.5 Å². The predicted octanol–water partition coefficient (Wildman–Crippen LogP) is 3.65. The van der Waals surface area contributed by atoms with Crippen molar-refractivity contribution >= 4 is 42.7 Å². The average molecular weight is 352 g/mol. The van der Waals surface area contributed by atoms with E-state index in [1.165, 1.54) is 0 Å². The number of hydrogen-bond acceptors (Lipinski definition) is 5. The van der Waals surface area contributed by atoms with Crippen molar-refractivity contribution in [1.82, 2.24) is 0 Å². The summed E-state index contributed by atoms with van der Waals surface area (Å²) in [6.45, 7) is -0.118. The summed E-state index contributed by atoms with van der Waals surface area (Å²) in [5, 5.41) is 15.3. The minimum atomic E-state index is -4.05. The minimum Gasteiger partial charge on any atom is -0.392 e. The van der Waals surface area contributed by atoms with Crippen LogP contribution in [0.25, 0.3) is 32.3 Å². The Balaban J connectivity index is 1.98. The smallest absolute Gasteiger partial charge is 0.392 e. The van der Waals surface area contributed by atoms with Crippen molar-refractivity contribution in [3.63, 3.8) is 0 Å². The van der Waals surface area contributed by atoms with Crippen LogP contribution in [0.3, 0.4) is 0 Å². The van der Waals surface area contributed by atoms with Gasteiger partial charge in [-0.25, -0.2) is 0 Å². The first-order chi connectivity index (χ1) is 12.1. The molecule has 0 aromatic heterocycles. The first kappa shape index (κ1) is 14.5. The van der Waals surface area contributed by atoms with Crippen LogP contribution in [-0.2, 0) is 17.0 Å². The third-order valence-electron chi connectivity index (χ3n) is 4.56. The second kappa shape index (κ2) is 4.84. The highest BCUT2D eigenvalue weighted by atomic mass is 32.3. The van der Waals surface area contributed by atoms with Crippen LogP contribution in [0, 0.1) is 0 Å². The molecule has 4 aromatic carbocycles. The molecule has 0 saturated heterocycles. The largest absolute Gasteiger partial charge is 0.501 e. The van der Waals surface area contributed by atoms with Gasteiger partial charge in [0.15, 0.2) is 11.5 Å². The van der Waals surface area contributed by atoms with Crippen molar-refractivity contribution < 1.29 is 21.9 Å². The van der Waals surface area contributed by atoms with Crippen molar-refractivity contribution in [3.05, 3.63) is 60.2 Å². The third kappa shape index (κ3) is 2.01. The monoisotopic (exact) mass is 352 g/mol. The number of aliphatic hydroxyl groups excluding tert-OH is 1. The van der Waals surface area contributed by atoms with Crippen molar-refractivity contribution in [2.24, 2.45) is 0 Å². The van der Waals surface area contributed by atoms with E-state index >= 15 is 0 Å². The number of benzene rings is 4. The standard InChI is InChI=1S/C19H12O5S/c20-10-12-9-11-3-1-2-4-13(11)14-5-6-16-15(18(12)14)7-8-17-19(16)24-25(21,22)23-17/h1-9,20H,10H2. The van der Waals surface area contributed by atoms with E-state index in [1.807, 2.05) is 42.5 Å². The zero-order valence-corrected chi connectivity index (χ0v) is 13.7. The van der Waals surface area contributed by atoms with Gasteiger partial charge in [-0.3, -0.25) is 0 Å². The highest BCUT2D eigenvalue weighted by Gasteiger charge is 2.30. The molecule has 0 bridgehead atoms. The molecule has 4 aromatic rings. The first-order valence-corrected chi connectivity index (χ1v) is 9.05. The lowest BCUT2D eigenvalue weighted by atomic mass is 9.93. The second-order valence-corrected chi connectivity index (χ2v) is 7.12. The second-order valence-electron chi connectivity index (χ2n) is 5.97. The van der Waals surface area contributed by atoms with Crippen LogP contribution >= 0.6 is 0 Å². The third-order valence-corrected chi connectivity index (χ3v) is 5.32. The van der Waals surface area contributed by atoms with Gasteiger partial charge < -0.3 is 13.5 Å². The maximum absolute atomic E-state index is 11.6. The molecule has 0 unspecified atom stereocenters. The normalized spacial score (nSPS) is 15.2. The fraction of sp³-hybridized carbons (Fsp3) is 0.0526. The van der Waals surface area contributed by atoms with E-state index < -0.39 is 10.4 Å². The Morgan fingerprint density at radius 2 is 1.56 bits per heavy atom. The Kier molecular flexibility index (Phi) is 2.81. The lowest BCUT2D eigenvalue weighted by Crippen LogP contribution is -2.08. The number of fused-ring (bicyclic) bond motifs is 7. The van der Waals surface area contributed by atoms with E-state index in [0.717, 1.165) is 32.5 Å². The molecule has 25 heavy (non-hydrogen) atoms. The average Bonchev–Trinajstić information content (AvgIpc) is 2.94. The summed E-state index contributed by atoms with van der Waals surface area (Å²) >= 11 is 0. The SMILES string of the molecule is O=S1(=O)Oc2ccc3c(ccc4c5ccccc5cc(CO)c34)c2O1. The highest BCUT2D eigenvalue weighted by Crippen LogP contribution is 2.45. The summed E-state index contributed by atoms with van der Waals surface area (Å²) in [5.41, 5.74) is 0.779. The molecular formula is C19H12O5S. The van der Waals surface area contributed by atoms with Gasteiger partial charge >= 0.3 is 10.4 Å². The molecule has 5 nitrogen and oxygen atoms in total. The maximum atomic E-state index is 11.6. The fourth-order valence-electron chi connectivity index (χ4n) is 3.56. The van der Waals surface area contributed by atoms with Gasteiger partial charge in [-0.1, -0.05) is 30.3 Å². The molecule has 0 atom stereocenters. The van der Waals surface area contributed by atoms with Gasteiger partial charge in [0, 0.05) is 5.39 Å². The quantitative estimate of drug-likeness (QED) is 0.529. The van der Waals surface area contributed by atoms with Gasteiger partial charge in [-0.05, 0) is 56.8 Å². The highest BCUT2D eigenvalue weighted by molar-refractivity contribution is 7.82. The molecule has 0 aliphatic carbocycles. The molecular weight excluding hydrogens is 340 g/mol. The summed E-state index contributed by atoms with van der Waals surface area (Å²) in [6.07, 6.45) is 0. The minimum absolute atomic E-state index is 0.118. The molecule has 1 heterocycles. The maximum Gasteiger partial charge on any atom is 0.501 e. The predicted molar refractivity (Wildman–Crippen MR) is 95.1 cm³/mol. The number of rotatable bonds is 1. The zero-order valence-electron chi connectivity index (χ0n) is 12.9. The van der Waals surface area contributed by atoms with Crippen molar-refractivity contribution in [2.75, 3.05) is 0 Å². The summed E-state index contributed by atoms with van der Waals surface area (Å²) in [7, 11) is -4.05. The fourth-order valence-corrected chi connectivity index (χ4v) is 4.32. The molecule has 1 aliphatic heterocycles. The molecule has 6 heteroatoms. The summed E-state index contributed by atoms with van der Waals surface area (Å²) < 4.78 is 33.1. The molecule has 1 N–H and O–H groups in total. The molecule has 0 spiro atoms. The van der Waals surface area contributed by atoms with E-state index in [9.17, 15) is 13.5 Å². The van der Waals surface area contributed by atoms with E-state index in [1.54, 1.807) is 12.1 Å². The van der Waals surface area contributed by atoms with Gasteiger partial charge in [0.05, 0.1) is 6.61 Å². The molecule has 1 aliphatic rings. The van der Waals surface area contributed by atoms with E-state index in [0.29, 0.717) is 5.39 Å². The molecule has 5 rings (SSSR count). The van der Waals surface area contributed by atoms with Crippen molar-refractivity contribution in [1.29, 1.82) is 0 Å². The first-order valence-electron chi connectivity index (χ1n) is 7.72. The molecule has 124 valence electrons. The van der Waals surface area contributed by atoms with Crippen LogP contribution in [0.4, 0.5) is 0 Å². The summed E-state index contributed by atoms with van der Waals surface area (Å²) in [6, 6.07) is 17.1. The Bertz CT molecular complexity index is 1290. The molecule has 0 saturated carbocycles. The lowest BCUT2D eigenvalue weighted by molar-refractivity contribution is 0.283. The zero-order chi connectivity index (χ0) is 17.2. The van der Waals surface area contributed by atoms with Crippen molar-refractivity contribution in [2.45, 2.75) is 6.61 Å². The number of hydrogen-bond donors (Lipinski definition) is 1. The topological polar surface area (TPSA) is 72.8 Å². The van der Waals surface area contributed by atoms with Crippen LogP contribution in [0.1, 0.15) is 5.56 Å². The van der Waals surface area contributed by atoms with Crippen molar-refractivity contribution in [3.8, 4) is 11.5 Å².